The van der Waals surface area contributed by atoms with Gasteiger partial charge in [0, 0.05) is 42.4 Å². The Morgan fingerprint density at radius 3 is 0.900 bits per heavy atom. The van der Waals surface area contributed by atoms with Crippen LogP contribution in [-0.2, 0) is 26.2 Å². The van der Waals surface area contributed by atoms with Crippen LogP contribution in [0.2, 0.25) is 44.9 Å². The molecule has 0 heterocycles. The quantitative estimate of drug-likeness (QED) is 0.661. The summed E-state index contributed by atoms with van der Waals surface area (Å²) in [5, 5.41) is 0. The molecule has 0 aliphatic rings. The zero-order chi connectivity index (χ0) is 7.71. The van der Waals surface area contributed by atoms with Gasteiger partial charge in [0.1, 0.15) is 0 Å². The van der Waals surface area contributed by atoms with Gasteiger partial charge < -0.3 is 0 Å². The van der Waals surface area contributed by atoms with Crippen molar-refractivity contribution in [2.24, 2.45) is 0 Å². The van der Waals surface area contributed by atoms with Crippen molar-refractivity contribution in [1.29, 1.82) is 0 Å². The van der Waals surface area contributed by atoms with Crippen molar-refractivity contribution < 1.29 is 26.2 Å². The second-order valence-corrected chi connectivity index (χ2v) is 17.0. The third-order valence-corrected chi connectivity index (χ3v) is 9.55. The van der Waals surface area contributed by atoms with Gasteiger partial charge >= 0.3 is 0 Å². The molecular weight excluding hydrogens is 231 g/mol. The number of hydrogen-bond donors (Lipinski definition) is 0. The Bertz CT molecular complexity index is 76.8. The van der Waals surface area contributed by atoms with Crippen LogP contribution < -0.4 is 0 Å². The van der Waals surface area contributed by atoms with E-state index in [2.05, 4.69) is 39.3 Å². The van der Waals surface area contributed by atoms with Gasteiger partial charge in [-0.1, -0.05) is 44.9 Å². The van der Waals surface area contributed by atoms with E-state index in [0.29, 0.717) is 0 Å². The van der Waals surface area contributed by atoms with Crippen LogP contribution in [0.4, 0.5) is 0 Å². The Labute approximate surface area is 86.9 Å². The van der Waals surface area contributed by atoms with E-state index >= 15 is 0 Å². The Kier molecular flexibility index (Phi) is 6.06. The molecule has 0 nitrogen and oxygen atoms in total. The first-order chi connectivity index (χ1) is 3.71. The maximum atomic E-state index is 2.46. The van der Waals surface area contributed by atoms with Crippen molar-refractivity contribution in [3.63, 3.8) is 0 Å². The molecule has 0 unspecified atom stereocenters. The molecular formula is C7H20Si2Zr. The van der Waals surface area contributed by atoms with E-state index in [1.165, 1.54) is 0 Å². The SMILES string of the molecule is C[Si](C)(C)C[Si](C)(C)C.[Zr]. The Hall–Kier alpha value is 1.32. The zero-order valence-corrected chi connectivity index (χ0v) is 12.7. The second kappa shape index (κ2) is 4.37. The van der Waals surface area contributed by atoms with Gasteiger partial charge in [0.25, 0.3) is 0 Å². The van der Waals surface area contributed by atoms with E-state index < -0.39 is 16.1 Å². The van der Waals surface area contributed by atoms with Gasteiger partial charge in [-0.15, -0.1) is 0 Å². The van der Waals surface area contributed by atoms with Gasteiger partial charge in [-0.25, -0.2) is 0 Å². The molecule has 0 aromatic carbocycles. The van der Waals surface area contributed by atoms with Crippen LogP contribution in [0.1, 0.15) is 0 Å². The van der Waals surface area contributed by atoms with Crippen LogP contribution in [0, 0.1) is 0 Å². The summed E-state index contributed by atoms with van der Waals surface area (Å²) in [6.45, 7) is 14.8. The second-order valence-electron chi connectivity index (χ2n) is 5.30. The molecule has 10 heavy (non-hydrogen) atoms. The standard InChI is InChI=1S/C7H20Si2.Zr/c1-8(2,3)7-9(4,5)6;/h7H2,1-6H3;. The molecule has 0 aliphatic carbocycles. The fraction of sp³-hybridized carbons (Fsp3) is 1.00. The van der Waals surface area contributed by atoms with Crippen LogP contribution in [0.15, 0.2) is 0 Å². The monoisotopic (exact) mass is 250 g/mol. The normalized spacial score (nSPS) is 12.6. The smallest absolute Gasteiger partial charge is 0.0416 e. The molecule has 0 N–H and O–H groups in total. The Morgan fingerprint density at radius 1 is 0.700 bits per heavy atom. The molecule has 0 fully saturated rings. The summed E-state index contributed by atoms with van der Waals surface area (Å²) < 4.78 is 0. The maximum Gasteiger partial charge on any atom is 0.0416 e. The first-order valence-corrected chi connectivity index (χ1v) is 11.1. The third kappa shape index (κ3) is 12.0. The van der Waals surface area contributed by atoms with Crippen LogP contribution in [0.25, 0.3) is 0 Å². The molecule has 0 aliphatic heterocycles. The number of hydrogen-bond acceptors (Lipinski definition) is 0. The van der Waals surface area contributed by atoms with E-state index in [4.69, 9.17) is 0 Å². The molecule has 0 saturated carbocycles. The summed E-state index contributed by atoms with van der Waals surface area (Å²) in [4.78, 5) is 0. The zero-order valence-electron chi connectivity index (χ0n) is 8.21. The van der Waals surface area contributed by atoms with Crippen molar-refractivity contribution >= 4 is 16.1 Å². The van der Waals surface area contributed by atoms with Crippen molar-refractivity contribution in [2.75, 3.05) is 0 Å². The van der Waals surface area contributed by atoms with E-state index in [-0.39, 0.29) is 26.2 Å². The van der Waals surface area contributed by atoms with Crippen LogP contribution in [0.3, 0.4) is 0 Å². The molecule has 60 valence electrons. The van der Waals surface area contributed by atoms with E-state index in [1.54, 1.807) is 5.67 Å². The molecule has 0 aromatic heterocycles. The summed E-state index contributed by atoms with van der Waals surface area (Å²) >= 11 is 0. The maximum absolute atomic E-state index is 2.46. The molecule has 0 spiro atoms. The molecule has 0 saturated heterocycles. The summed E-state index contributed by atoms with van der Waals surface area (Å²) in [6.07, 6.45) is 0. The summed E-state index contributed by atoms with van der Waals surface area (Å²) in [5.74, 6) is 0. The van der Waals surface area contributed by atoms with Gasteiger partial charge in [-0.3, -0.25) is 0 Å². The minimum Gasteiger partial charge on any atom is -0.0698 e. The van der Waals surface area contributed by atoms with Crippen LogP contribution in [-0.4, -0.2) is 16.1 Å². The third-order valence-electron chi connectivity index (χ3n) is 1.06. The fourth-order valence-corrected chi connectivity index (χ4v) is 14.3. The summed E-state index contributed by atoms with van der Waals surface area (Å²) in [7, 11) is -1.46. The Balaban J connectivity index is 0. The van der Waals surface area contributed by atoms with Gasteiger partial charge in [0.15, 0.2) is 0 Å². The molecule has 3 heteroatoms. The van der Waals surface area contributed by atoms with Crippen molar-refractivity contribution in [3.05, 3.63) is 0 Å². The molecule has 0 rings (SSSR count). The van der Waals surface area contributed by atoms with E-state index in [1.807, 2.05) is 0 Å². The fourth-order valence-electron chi connectivity index (χ4n) is 1.59. The van der Waals surface area contributed by atoms with Gasteiger partial charge in [0.2, 0.25) is 0 Å². The summed E-state index contributed by atoms with van der Waals surface area (Å²) in [5.41, 5.74) is 1.57. The predicted molar refractivity (Wildman–Crippen MR) is 51.5 cm³/mol. The average Bonchev–Trinajstić information content (AvgIpc) is 1.14. The molecule has 0 atom stereocenters. The average molecular weight is 252 g/mol. The minimum atomic E-state index is -0.731. The number of rotatable bonds is 2. The predicted octanol–water partition coefficient (Wildman–Crippen LogP) is 3.20. The molecule has 0 amide bonds. The molecule has 0 radical (unpaired) electrons. The Morgan fingerprint density at radius 2 is 0.900 bits per heavy atom. The first kappa shape index (κ1) is 13.9. The van der Waals surface area contributed by atoms with Gasteiger partial charge in [-0.05, 0) is 0 Å². The largest absolute Gasteiger partial charge is 0.0698 e. The van der Waals surface area contributed by atoms with E-state index in [0.717, 1.165) is 0 Å². The molecule has 0 aromatic rings. The van der Waals surface area contributed by atoms with E-state index in [9.17, 15) is 0 Å². The van der Waals surface area contributed by atoms with Gasteiger partial charge in [-0.2, -0.15) is 0 Å². The van der Waals surface area contributed by atoms with Crippen LogP contribution >= 0.6 is 0 Å². The van der Waals surface area contributed by atoms with Gasteiger partial charge in [0.05, 0.1) is 0 Å². The summed E-state index contributed by atoms with van der Waals surface area (Å²) in [6, 6.07) is 0. The first-order valence-electron chi connectivity index (χ1n) is 3.71. The topological polar surface area (TPSA) is 0 Å². The van der Waals surface area contributed by atoms with Crippen molar-refractivity contribution in [2.45, 2.75) is 44.9 Å². The minimum absolute atomic E-state index is 0. The van der Waals surface area contributed by atoms with Crippen LogP contribution in [0.5, 0.6) is 0 Å². The van der Waals surface area contributed by atoms with Crippen molar-refractivity contribution in [1.82, 2.24) is 0 Å². The van der Waals surface area contributed by atoms with Crippen molar-refractivity contribution in [3.8, 4) is 0 Å². The molecule has 0 bridgehead atoms.